The normalized spacial score (nSPS) is 12.7. The van der Waals surface area contributed by atoms with E-state index in [9.17, 15) is 21.6 Å². The molecule has 9 heteroatoms. The lowest BCUT2D eigenvalue weighted by molar-refractivity contribution is -0.135. The molecule has 0 heterocycles. The smallest absolute Gasteiger partial charge is 0.326 e. The summed E-state index contributed by atoms with van der Waals surface area (Å²) in [6, 6.07) is 3.13. The van der Waals surface area contributed by atoms with Crippen LogP contribution in [0.2, 0.25) is 0 Å². The van der Waals surface area contributed by atoms with Crippen molar-refractivity contribution in [3.05, 3.63) is 27.7 Å². The number of nitrogens with two attached hydrogens (primary N) is 1. The summed E-state index contributed by atoms with van der Waals surface area (Å²) in [6.07, 6.45) is -5.62. The van der Waals surface area contributed by atoms with Crippen LogP contribution in [0.25, 0.3) is 0 Å². The zero-order valence-electron chi connectivity index (χ0n) is 11.3. The summed E-state index contributed by atoms with van der Waals surface area (Å²) in [5.41, 5.74) is 6.59. The average Bonchev–Trinajstić information content (AvgIpc) is 2.36. The number of sulfonamides is 1. The minimum atomic E-state index is -4.29. The SMILES string of the molecule is Cc1c(Br)cc(CN)cc1S(=O)(=O)NCCCC(F)(F)F. The van der Waals surface area contributed by atoms with Crippen LogP contribution in [0.1, 0.15) is 24.0 Å². The van der Waals surface area contributed by atoms with Crippen LogP contribution in [0.3, 0.4) is 0 Å². The van der Waals surface area contributed by atoms with Crippen molar-refractivity contribution < 1.29 is 21.6 Å². The fraction of sp³-hybridized carbons (Fsp3) is 0.500. The van der Waals surface area contributed by atoms with Crippen molar-refractivity contribution in [1.29, 1.82) is 0 Å². The van der Waals surface area contributed by atoms with Gasteiger partial charge in [0.1, 0.15) is 0 Å². The lowest BCUT2D eigenvalue weighted by Gasteiger charge is -2.13. The van der Waals surface area contributed by atoms with Crippen LogP contribution in [0.15, 0.2) is 21.5 Å². The Labute approximate surface area is 130 Å². The number of alkyl halides is 3. The first-order valence-electron chi connectivity index (χ1n) is 6.12. The van der Waals surface area contributed by atoms with E-state index < -0.39 is 22.6 Å². The third-order valence-electron chi connectivity index (χ3n) is 2.81. The molecule has 4 nitrogen and oxygen atoms in total. The third-order valence-corrected chi connectivity index (χ3v) is 5.22. The fourth-order valence-electron chi connectivity index (χ4n) is 1.68. The van der Waals surface area contributed by atoms with Crippen molar-refractivity contribution in [3.8, 4) is 0 Å². The minimum absolute atomic E-state index is 0.0179. The van der Waals surface area contributed by atoms with Crippen LogP contribution in [-0.2, 0) is 16.6 Å². The minimum Gasteiger partial charge on any atom is -0.326 e. The van der Waals surface area contributed by atoms with Gasteiger partial charge in [0, 0.05) is 24.0 Å². The van der Waals surface area contributed by atoms with Gasteiger partial charge in [-0.25, -0.2) is 13.1 Å². The molecule has 0 aromatic heterocycles. The maximum absolute atomic E-state index is 12.1. The molecule has 0 bridgehead atoms. The Morgan fingerprint density at radius 3 is 2.48 bits per heavy atom. The Balaban J connectivity index is 2.86. The average molecular weight is 389 g/mol. The van der Waals surface area contributed by atoms with Gasteiger partial charge in [-0.1, -0.05) is 15.9 Å². The van der Waals surface area contributed by atoms with Gasteiger partial charge in [-0.15, -0.1) is 0 Å². The molecule has 1 rings (SSSR count). The van der Waals surface area contributed by atoms with Crippen LogP contribution in [-0.4, -0.2) is 21.1 Å². The van der Waals surface area contributed by atoms with Gasteiger partial charge in [0.05, 0.1) is 4.90 Å². The highest BCUT2D eigenvalue weighted by molar-refractivity contribution is 9.10. The molecule has 0 radical (unpaired) electrons. The van der Waals surface area contributed by atoms with E-state index in [1.165, 1.54) is 6.07 Å². The summed E-state index contributed by atoms with van der Waals surface area (Å²) in [5.74, 6) is 0. The second-order valence-corrected chi connectivity index (χ2v) is 7.11. The van der Waals surface area contributed by atoms with E-state index in [2.05, 4.69) is 20.7 Å². The fourth-order valence-corrected chi connectivity index (χ4v) is 3.70. The monoisotopic (exact) mass is 388 g/mol. The molecule has 21 heavy (non-hydrogen) atoms. The van der Waals surface area contributed by atoms with Crippen LogP contribution in [0.4, 0.5) is 13.2 Å². The lowest BCUT2D eigenvalue weighted by Crippen LogP contribution is -2.26. The van der Waals surface area contributed by atoms with Crippen molar-refractivity contribution in [1.82, 2.24) is 4.72 Å². The highest BCUT2D eigenvalue weighted by Crippen LogP contribution is 2.26. The van der Waals surface area contributed by atoms with Gasteiger partial charge >= 0.3 is 6.18 Å². The zero-order valence-corrected chi connectivity index (χ0v) is 13.7. The van der Waals surface area contributed by atoms with Crippen molar-refractivity contribution in [2.75, 3.05) is 6.54 Å². The molecule has 0 unspecified atom stereocenters. The van der Waals surface area contributed by atoms with E-state index in [-0.39, 0.29) is 24.4 Å². The Morgan fingerprint density at radius 1 is 1.33 bits per heavy atom. The maximum Gasteiger partial charge on any atom is 0.389 e. The Morgan fingerprint density at radius 2 is 1.95 bits per heavy atom. The van der Waals surface area contributed by atoms with Crippen LogP contribution in [0.5, 0.6) is 0 Å². The van der Waals surface area contributed by atoms with Crippen LogP contribution in [0, 0.1) is 6.92 Å². The summed E-state index contributed by atoms with van der Waals surface area (Å²) in [6.45, 7) is 1.50. The van der Waals surface area contributed by atoms with E-state index in [1.54, 1.807) is 13.0 Å². The predicted molar refractivity (Wildman–Crippen MR) is 77.2 cm³/mol. The van der Waals surface area contributed by atoms with Gasteiger partial charge in [-0.3, -0.25) is 0 Å². The lowest BCUT2D eigenvalue weighted by atomic mass is 10.1. The second kappa shape index (κ2) is 7.08. The largest absolute Gasteiger partial charge is 0.389 e. The summed E-state index contributed by atoms with van der Waals surface area (Å²) in [7, 11) is -3.87. The van der Waals surface area contributed by atoms with E-state index in [4.69, 9.17) is 5.73 Å². The maximum atomic E-state index is 12.1. The molecule has 0 amide bonds. The third kappa shape index (κ3) is 5.57. The summed E-state index contributed by atoms with van der Waals surface area (Å²) >= 11 is 3.24. The molecule has 1 aromatic carbocycles. The van der Waals surface area contributed by atoms with Gasteiger partial charge < -0.3 is 5.73 Å². The molecule has 0 spiro atoms. The summed E-state index contributed by atoms with van der Waals surface area (Å²) < 4.78 is 63.1. The number of benzene rings is 1. The van der Waals surface area contributed by atoms with E-state index in [0.717, 1.165) is 0 Å². The molecule has 3 N–H and O–H groups in total. The molecule has 0 aliphatic rings. The molecule has 0 aliphatic carbocycles. The molecular weight excluding hydrogens is 373 g/mol. The number of halogens is 4. The molecule has 0 fully saturated rings. The van der Waals surface area contributed by atoms with Crippen molar-refractivity contribution in [3.63, 3.8) is 0 Å². The molecule has 0 saturated carbocycles. The molecular formula is C12H16BrF3N2O2S. The first kappa shape index (κ1) is 18.4. The number of hydrogen-bond acceptors (Lipinski definition) is 3. The number of hydrogen-bond donors (Lipinski definition) is 2. The number of nitrogens with one attached hydrogen (secondary N) is 1. The predicted octanol–water partition coefficient (Wildman–Crippen LogP) is 2.84. The highest BCUT2D eigenvalue weighted by atomic mass is 79.9. The van der Waals surface area contributed by atoms with Gasteiger partial charge in [-0.2, -0.15) is 13.2 Å². The summed E-state index contributed by atoms with van der Waals surface area (Å²) in [5, 5.41) is 0. The molecule has 0 saturated heterocycles. The van der Waals surface area contributed by atoms with E-state index in [1.807, 2.05) is 0 Å². The Kier molecular flexibility index (Phi) is 6.21. The van der Waals surface area contributed by atoms with Gasteiger partial charge in [-0.05, 0) is 36.6 Å². The molecule has 0 atom stereocenters. The van der Waals surface area contributed by atoms with E-state index >= 15 is 0 Å². The molecule has 0 aliphatic heterocycles. The number of rotatable bonds is 6. The Hall–Kier alpha value is -0.640. The quantitative estimate of drug-likeness (QED) is 0.735. The van der Waals surface area contributed by atoms with Crippen LogP contribution >= 0.6 is 15.9 Å². The van der Waals surface area contributed by atoms with Gasteiger partial charge in [0.25, 0.3) is 0 Å². The summed E-state index contributed by atoms with van der Waals surface area (Å²) in [4.78, 5) is 0.0179. The van der Waals surface area contributed by atoms with Crippen molar-refractivity contribution >= 4 is 26.0 Å². The topological polar surface area (TPSA) is 72.2 Å². The van der Waals surface area contributed by atoms with Gasteiger partial charge in [0.2, 0.25) is 10.0 Å². The van der Waals surface area contributed by atoms with Crippen LogP contribution < -0.4 is 10.5 Å². The zero-order chi connectivity index (χ0) is 16.3. The second-order valence-electron chi connectivity index (χ2n) is 4.52. The first-order valence-corrected chi connectivity index (χ1v) is 8.40. The van der Waals surface area contributed by atoms with Crippen molar-refractivity contribution in [2.45, 2.75) is 37.4 Å². The standard InChI is InChI=1S/C12H16BrF3N2O2S/c1-8-10(13)5-9(7-17)6-11(8)21(19,20)18-4-2-3-12(14,15)16/h5-6,18H,2-4,7,17H2,1H3. The molecule has 120 valence electrons. The first-order chi connectivity index (χ1) is 9.57. The van der Waals surface area contributed by atoms with E-state index in [0.29, 0.717) is 15.6 Å². The Bertz CT molecular complexity index is 603. The van der Waals surface area contributed by atoms with Gasteiger partial charge in [0.15, 0.2) is 0 Å². The highest BCUT2D eigenvalue weighted by Gasteiger charge is 2.26. The van der Waals surface area contributed by atoms with Crippen molar-refractivity contribution in [2.24, 2.45) is 5.73 Å². The molecule has 1 aromatic rings.